The van der Waals surface area contributed by atoms with Crippen LogP contribution in [0.5, 0.6) is 0 Å². The zero-order valence-corrected chi connectivity index (χ0v) is 19.1. The molecule has 2 aliphatic heterocycles. The lowest BCUT2D eigenvalue weighted by Gasteiger charge is -2.46. The lowest BCUT2D eigenvalue weighted by molar-refractivity contribution is -0.129. The van der Waals surface area contributed by atoms with Crippen molar-refractivity contribution in [3.8, 4) is 5.82 Å². The number of hydrogen-bond donors (Lipinski definition) is 1. The first-order chi connectivity index (χ1) is 15.5. The molecule has 0 aliphatic carbocycles. The van der Waals surface area contributed by atoms with Crippen molar-refractivity contribution in [3.63, 3.8) is 0 Å². The van der Waals surface area contributed by atoms with Crippen molar-refractivity contribution >= 4 is 28.8 Å². The number of carbonyl (C=O) groups is 2. The number of amides is 2. The van der Waals surface area contributed by atoms with E-state index in [9.17, 15) is 9.59 Å². The molecule has 0 aromatic carbocycles. The van der Waals surface area contributed by atoms with Crippen LogP contribution in [0.2, 0.25) is 0 Å². The van der Waals surface area contributed by atoms with Gasteiger partial charge in [0.15, 0.2) is 5.82 Å². The summed E-state index contributed by atoms with van der Waals surface area (Å²) in [7, 11) is 0. The van der Waals surface area contributed by atoms with Gasteiger partial charge in [0, 0.05) is 31.5 Å². The van der Waals surface area contributed by atoms with Gasteiger partial charge < -0.3 is 19.7 Å². The summed E-state index contributed by atoms with van der Waals surface area (Å²) >= 11 is 1.61. The van der Waals surface area contributed by atoms with Crippen molar-refractivity contribution in [2.45, 2.75) is 38.3 Å². The molecule has 3 aromatic rings. The van der Waals surface area contributed by atoms with Crippen LogP contribution in [0.4, 0.5) is 5.69 Å². The van der Waals surface area contributed by atoms with Crippen LogP contribution < -0.4 is 10.2 Å². The molecule has 2 aliphatic rings. The van der Waals surface area contributed by atoms with E-state index in [1.807, 2.05) is 60.0 Å². The average molecular weight is 450 g/mol. The molecule has 166 valence electrons. The summed E-state index contributed by atoms with van der Waals surface area (Å²) in [5, 5.41) is 7.05. The minimum absolute atomic E-state index is 0.0303. The van der Waals surface area contributed by atoms with E-state index in [4.69, 9.17) is 0 Å². The fraction of sp³-hybridized carbons (Fsp3) is 0.375. The number of hydrogen-bond acceptors (Lipinski definition) is 5. The molecule has 5 heterocycles. The Morgan fingerprint density at radius 3 is 2.91 bits per heavy atom. The number of carbonyl (C=O) groups excluding carboxylic acids is 2. The summed E-state index contributed by atoms with van der Waals surface area (Å²) < 4.78 is 2.11. The van der Waals surface area contributed by atoms with E-state index in [0.29, 0.717) is 19.5 Å². The van der Waals surface area contributed by atoms with Crippen LogP contribution in [0, 0.1) is 0 Å². The van der Waals surface area contributed by atoms with Gasteiger partial charge in [0.05, 0.1) is 24.3 Å². The molecule has 32 heavy (non-hydrogen) atoms. The Labute approximate surface area is 191 Å². The SMILES string of the molecule is CC(C)NC(=O)CN1c2cccnc2-n2cccc2C12CCN(C(=O)Cc1ccsc1)C2. The highest BCUT2D eigenvalue weighted by Crippen LogP contribution is 2.46. The first-order valence-corrected chi connectivity index (χ1v) is 11.9. The van der Waals surface area contributed by atoms with E-state index in [2.05, 4.69) is 25.8 Å². The molecule has 0 radical (unpaired) electrons. The lowest BCUT2D eigenvalue weighted by atomic mass is 9.88. The third-order valence-electron chi connectivity index (χ3n) is 6.31. The molecule has 7 nitrogen and oxygen atoms in total. The smallest absolute Gasteiger partial charge is 0.239 e. The van der Waals surface area contributed by atoms with E-state index < -0.39 is 5.54 Å². The quantitative estimate of drug-likeness (QED) is 0.650. The van der Waals surface area contributed by atoms with Gasteiger partial charge in [0.2, 0.25) is 11.8 Å². The van der Waals surface area contributed by atoms with E-state index in [1.165, 1.54) is 0 Å². The molecule has 2 amide bonds. The van der Waals surface area contributed by atoms with Crippen LogP contribution in [0.3, 0.4) is 0 Å². The zero-order chi connectivity index (χ0) is 22.3. The Morgan fingerprint density at radius 2 is 2.12 bits per heavy atom. The maximum Gasteiger partial charge on any atom is 0.239 e. The summed E-state index contributed by atoms with van der Waals surface area (Å²) in [5.74, 6) is 0.915. The van der Waals surface area contributed by atoms with Crippen molar-refractivity contribution in [2.24, 2.45) is 0 Å². The van der Waals surface area contributed by atoms with Gasteiger partial charge in [-0.05, 0) is 66.9 Å². The fourth-order valence-electron chi connectivity index (χ4n) is 4.96. The summed E-state index contributed by atoms with van der Waals surface area (Å²) in [6.07, 6.45) is 4.96. The molecule has 1 saturated heterocycles. The van der Waals surface area contributed by atoms with Gasteiger partial charge in [-0.1, -0.05) is 0 Å². The predicted octanol–water partition coefficient (Wildman–Crippen LogP) is 2.95. The first-order valence-electron chi connectivity index (χ1n) is 11.0. The van der Waals surface area contributed by atoms with Gasteiger partial charge in [-0.3, -0.25) is 9.59 Å². The molecule has 0 saturated carbocycles. The maximum atomic E-state index is 13.1. The van der Waals surface area contributed by atoms with E-state index in [0.717, 1.165) is 29.2 Å². The average Bonchev–Trinajstić information content (AvgIpc) is 3.51. The normalized spacial score (nSPS) is 19.3. The van der Waals surface area contributed by atoms with Crippen LogP contribution in [0.1, 0.15) is 31.5 Å². The highest BCUT2D eigenvalue weighted by molar-refractivity contribution is 7.08. The Hall–Kier alpha value is -3.13. The van der Waals surface area contributed by atoms with Crippen LogP contribution in [0.15, 0.2) is 53.5 Å². The Bertz CT molecular complexity index is 1140. The zero-order valence-electron chi connectivity index (χ0n) is 18.3. The van der Waals surface area contributed by atoms with E-state index in [1.54, 1.807) is 17.5 Å². The lowest BCUT2D eigenvalue weighted by Crippen LogP contribution is -2.56. The van der Waals surface area contributed by atoms with Gasteiger partial charge in [-0.2, -0.15) is 11.3 Å². The number of nitrogens with one attached hydrogen (secondary N) is 1. The van der Waals surface area contributed by atoms with Crippen LogP contribution in [-0.2, 0) is 21.5 Å². The Morgan fingerprint density at radius 1 is 1.25 bits per heavy atom. The monoisotopic (exact) mass is 449 g/mol. The molecular weight excluding hydrogens is 422 g/mol. The molecule has 1 atom stereocenters. The van der Waals surface area contributed by atoms with Gasteiger partial charge in [-0.25, -0.2) is 4.98 Å². The number of anilines is 1. The molecule has 1 fully saturated rings. The molecular formula is C24H27N5O2S. The standard InChI is InChI=1S/C24H27N5O2S/c1-17(2)26-21(30)14-29-19-5-3-9-25-23(19)28-10-4-6-20(28)24(29)8-11-27(16-24)22(31)13-18-7-12-32-15-18/h3-7,9-10,12,15,17H,8,11,13-14,16H2,1-2H3,(H,26,30). The number of likely N-dealkylation sites (tertiary alicyclic amines) is 1. The van der Waals surface area contributed by atoms with E-state index >= 15 is 0 Å². The first kappa shape index (κ1) is 20.8. The fourth-order valence-corrected chi connectivity index (χ4v) is 5.63. The van der Waals surface area contributed by atoms with Crippen LogP contribution >= 0.6 is 11.3 Å². The van der Waals surface area contributed by atoms with Gasteiger partial charge in [0.1, 0.15) is 5.54 Å². The number of nitrogens with zero attached hydrogens (tertiary/aromatic N) is 4. The second-order valence-electron chi connectivity index (χ2n) is 8.82. The topological polar surface area (TPSA) is 70.5 Å². The van der Waals surface area contributed by atoms with Crippen LogP contribution in [0.25, 0.3) is 5.82 Å². The molecule has 1 unspecified atom stereocenters. The second kappa shape index (κ2) is 8.09. The molecule has 1 spiro atoms. The number of pyridine rings is 1. The second-order valence-corrected chi connectivity index (χ2v) is 9.60. The Kier molecular flexibility index (Phi) is 5.25. The maximum absolute atomic E-state index is 13.1. The van der Waals surface area contributed by atoms with E-state index in [-0.39, 0.29) is 24.4 Å². The molecule has 0 bridgehead atoms. The highest BCUT2D eigenvalue weighted by Gasteiger charge is 2.51. The van der Waals surface area contributed by atoms with Gasteiger partial charge >= 0.3 is 0 Å². The molecule has 1 N–H and O–H groups in total. The van der Waals surface area contributed by atoms with Gasteiger partial charge in [-0.15, -0.1) is 0 Å². The van der Waals surface area contributed by atoms with Crippen molar-refractivity contribution < 1.29 is 9.59 Å². The third kappa shape index (κ3) is 3.48. The summed E-state index contributed by atoms with van der Waals surface area (Å²) in [6, 6.07) is 10.1. The molecule has 3 aromatic heterocycles. The van der Waals surface area contributed by atoms with Crippen molar-refractivity contribution in [2.75, 3.05) is 24.5 Å². The minimum Gasteiger partial charge on any atom is -0.352 e. The van der Waals surface area contributed by atoms with Gasteiger partial charge in [0.25, 0.3) is 0 Å². The minimum atomic E-state index is -0.474. The third-order valence-corrected chi connectivity index (χ3v) is 7.05. The van der Waals surface area contributed by atoms with Crippen LogP contribution in [-0.4, -0.2) is 51.9 Å². The molecule has 5 rings (SSSR count). The van der Waals surface area contributed by atoms with Crippen molar-refractivity contribution in [1.82, 2.24) is 19.8 Å². The highest BCUT2D eigenvalue weighted by atomic mass is 32.1. The van der Waals surface area contributed by atoms with Crippen molar-refractivity contribution in [1.29, 1.82) is 0 Å². The largest absolute Gasteiger partial charge is 0.352 e. The number of aromatic nitrogens is 2. The molecule has 8 heteroatoms. The predicted molar refractivity (Wildman–Crippen MR) is 125 cm³/mol. The number of thiophene rings is 1. The summed E-state index contributed by atoms with van der Waals surface area (Å²) in [4.78, 5) is 34.7. The van der Waals surface area contributed by atoms with Crippen molar-refractivity contribution in [3.05, 3.63) is 64.7 Å². The number of rotatable bonds is 5. The summed E-state index contributed by atoms with van der Waals surface area (Å²) in [5.41, 5.74) is 2.57. The Balaban J connectivity index is 1.51. The summed E-state index contributed by atoms with van der Waals surface area (Å²) in [6.45, 7) is 5.35. The number of fused-ring (bicyclic) bond motifs is 4.